The van der Waals surface area contributed by atoms with Crippen molar-refractivity contribution in [3.05, 3.63) is 59.7 Å². The largest absolute Gasteiger partial charge is 0.383 e. The summed E-state index contributed by atoms with van der Waals surface area (Å²) in [5.41, 5.74) is 2.72. The van der Waals surface area contributed by atoms with Crippen LogP contribution in [-0.4, -0.2) is 49.3 Å². The lowest BCUT2D eigenvalue weighted by Crippen LogP contribution is -2.45. The van der Waals surface area contributed by atoms with Gasteiger partial charge in [-0.05, 0) is 23.8 Å². The number of rotatable bonds is 7. The van der Waals surface area contributed by atoms with Crippen LogP contribution in [0.3, 0.4) is 0 Å². The van der Waals surface area contributed by atoms with Crippen LogP contribution in [0.25, 0.3) is 0 Å². The van der Waals surface area contributed by atoms with Crippen LogP contribution >= 0.6 is 0 Å². The number of carbonyl (C=O) groups excluding carboxylic acids is 1. The maximum atomic E-state index is 13.0. The summed E-state index contributed by atoms with van der Waals surface area (Å²) in [5.74, 6) is -0.323. The standard InChI is InChI=1S/C19H22FN3O3/c1-25-9-8-23-18(12-26-13-19(23)24)16-11-21-7-6-17(16)22-10-14-2-4-15(20)5-3-14/h2-7,11,18H,8-10,12-13H2,1H3,(H,21,22). The van der Waals surface area contributed by atoms with E-state index >= 15 is 0 Å². The monoisotopic (exact) mass is 359 g/mol. The lowest BCUT2D eigenvalue weighted by atomic mass is 10.0. The van der Waals surface area contributed by atoms with Crippen LogP contribution in [0.15, 0.2) is 42.7 Å². The summed E-state index contributed by atoms with van der Waals surface area (Å²) in [6, 6.07) is 7.99. The third-order valence-corrected chi connectivity index (χ3v) is 4.34. The van der Waals surface area contributed by atoms with E-state index in [-0.39, 0.29) is 24.4 Å². The zero-order chi connectivity index (χ0) is 18.4. The summed E-state index contributed by atoms with van der Waals surface area (Å²) in [5, 5.41) is 3.35. The number of hydrogen-bond donors (Lipinski definition) is 1. The Labute approximate surface area is 151 Å². The summed E-state index contributed by atoms with van der Waals surface area (Å²) in [4.78, 5) is 18.3. The van der Waals surface area contributed by atoms with Crippen molar-refractivity contribution in [2.24, 2.45) is 0 Å². The van der Waals surface area contributed by atoms with E-state index in [4.69, 9.17) is 9.47 Å². The first-order valence-corrected chi connectivity index (χ1v) is 8.47. The lowest BCUT2D eigenvalue weighted by molar-refractivity contribution is -0.149. The molecule has 2 aromatic rings. The molecule has 1 aliphatic rings. The second-order valence-corrected chi connectivity index (χ2v) is 6.05. The number of nitrogens with one attached hydrogen (secondary N) is 1. The van der Waals surface area contributed by atoms with Gasteiger partial charge >= 0.3 is 0 Å². The molecule has 0 bridgehead atoms. The van der Waals surface area contributed by atoms with Crippen molar-refractivity contribution >= 4 is 11.6 Å². The Bertz CT molecular complexity index is 739. The third kappa shape index (κ3) is 4.36. The number of amides is 1. The van der Waals surface area contributed by atoms with E-state index in [0.717, 1.165) is 16.8 Å². The molecule has 1 unspecified atom stereocenters. The molecule has 1 saturated heterocycles. The normalized spacial score (nSPS) is 17.4. The van der Waals surface area contributed by atoms with Crippen molar-refractivity contribution in [3.63, 3.8) is 0 Å². The van der Waals surface area contributed by atoms with Crippen LogP contribution < -0.4 is 5.32 Å². The van der Waals surface area contributed by atoms with Gasteiger partial charge in [0.2, 0.25) is 5.91 Å². The number of ether oxygens (including phenoxy) is 2. The molecule has 1 fully saturated rings. The molecule has 1 aromatic heterocycles. The van der Waals surface area contributed by atoms with Crippen LogP contribution in [0, 0.1) is 5.82 Å². The Balaban J connectivity index is 1.78. The summed E-state index contributed by atoms with van der Waals surface area (Å²) < 4.78 is 23.6. The van der Waals surface area contributed by atoms with Gasteiger partial charge < -0.3 is 19.7 Å². The van der Waals surface area contributed by atoms with E-state index in [0.29, 0.717) is 26.3 Å². The fourth-order valence-corrected chi connectivity index (χ4v) is 2.97. The molecule has 0 aliphatic carbocycles. The predicted molar refractivity (Wildman–Crippen MR) is 95.1 cm³/mol. The number of methoxy groups -OCH3 is 1. The number of benzene rings is 1. The Morgan fingerprint density at radius 1 is 1.35 bits per heavy atom. The first kappa shape index (κ1) is 18.3. The molecule has 2 heterocycles. The zero-order valence-corrected chi connectivity index (χ0v) is 14.7. The molecule has 0 radical (unpaired) electrons. The van der Waals surface area contributed by atoms with Crippen LogP contribution in [-0.2, 0) is 20.8 Å². The molecule has 1 atom stereocenters. The van der Waals surface area contributed by atoms with Crippen LogP contribution in [0.5, 0.6) is 0 Å². The fourth-order valence-electron chi connectivity index (χ4n) is 2.97. The van der Waals surface area contributed by atoms with Crippen molar-refractivity contribution in [2.45, 2.75) is 12.6 Å². The molecule has 1 aliphatic heterocycles. The van der Waals surface area contributed by atoms with Crippen molar-refractivity contribution in [1.82, 2.24) is 9.88 Å². The SMILES string of the molecule is COCCN1C(=O)COCC1c1cnccc1NCc1ccc(F)cc1. The van der Waals surface area contributed by atoms with E-state index in [1.807, 2.05) is 6.07 Å². The number of halogens is 1. The summed E-state index contributed by atoms with van der Waals surface area (Å²) in [6.07, 6.45) is 3.45. The van der Waals surface area contributed by atoms with Crippen molar-refractivity contribution < 1.29 is 18.7 Å². The van der Waals surface area contributed by atoms with Gasteiger partial charge in [-0.2, -0.15) is 0 Å². The van der Waals surface area contributed by atoms with Crippen molar-refractivity contribution in [3.8, 4) is 0 Å². The first-order chi connectivity index (χ1) is 12.7. The highest BCUT2D eigenvalue weighted by Crippen LogP contribution is 2.30. The maximum Gasteiger partial charge on any atom is 0.249 e. The molecule has 0 saturated carbocycles. The van der Waals surface area contributed by atoms with Crippen molar-refractivity contribution in [1.29, 1.82) is 0 Å². The molecule has 138 valence electrons. The maximum absolute atomic E-state index is 13.0. The van der Waals surface area contributed by atoms with Crippen molar-refractivity contribution in [2.75, 3.05) is 38.8 Å². The Morgan fingerprint density at radius 3 is 2.92 bits per heavy atom. The molecular weight excluding hydrogens is 337 g/mol. The van der Waals surface area contributed by atoms with Gasteiger partial charge in [-0.3, -0.25) is 9.78 Å². The Hall–Kier alpha value is -2.51. The van der Waals surface area contributed by atoms with E-state index < -0.39 is 0 Å². The van der Waals surface area contributed by atoms with Gasteiger partial charge in [-0.15, -0.1) is 0 Å². The minimum absolute atomic E-state index is 0.0633. The van der Waals surface area contributed by atoms with E-state index in [2.05, 4.69) is 10.3 Å². The molecule has 0 spiro atoms. The van der Waals surface area contributed by atoms with Gasteiger partial charge in [0.1, 0.15) is 12.4 Å². The molecule has 1 aromatic carbocycles. The van der Waals surface area contributed by atoms with Gasteiger partial charge in [-0.1, -0.05) is 12.1 Å². The van der Waals surface area contributed by atoms with Gasteiger partial charge in [-0.25, -0.2) is 4.39 Å². The second kappa shape index (κ2) is 8.73. The van der Waals surface area contributed by atoms with Gasteiger partial charge in [0.25, 0.3) is 0 Å². The minimum atomic E-state index is -0.259. The summed E-state index contributed by atoms with van der Waals surface area (Å²) in [7, 11) is 1.61. The smallest absolute Gasteiger partial charge is 0.249 e. The van der Waals surface area contributed by atoms with E-state index in [1.165, 1.54) is 12.1 Å². The van der Waals surface area contributed by atoms with E-state index in [9.17, 15) is 9.18 Å². The number of carbonyl (C=O) groups is 1. The Kier molecular flexibility index (Phi) is 6.14. The molecule has 1 amide bonds. The highest BCUT2D eigenvalue weighted by molar-refractivity contribution is 5.79. The number of aromatic nitrogens is 1. The highest BCUT2D eigenvalue weighted by atomic mass is 19.1. The van der Waals surface area contributed by atoms with Crippen LogP contribution in [0.2, 0.25) is 0 Å². The molecule has 3 rings (SSSR count). The number of pyridine rings is 1. The highest BCUT2D eigenvalue weighted by Gasteiger charge is 2.31. The first-order valence-electron chi connectivity index (χ1n) is 8.47. The third-order valence-electron chi connectivity index (χ3n) is 4.34. The molecule has 6 nitrogen and oxygen atoms in total. The fraction of sp³-hybridized carbons (Fsp3) is 0.368. The quantitative estimate of drug-likeness (QED) is 0.822. The summed E-state index contributed by atoms with van der Waals surface area (Å²) >= 11 is 0. The molecule has 7 heteroatoms. The predicted octanol–water partition coefficient (Wildman–Crippen LogP) is 2.38. The number of hydrogen-bond acceptors (Lipinski definition) is 5. The number of anilines is 1. The molecular formula is C19H22FN3O3. The zero-order valence-electron chi connectivity index (χ0n) is 14.7. The topological polar surface area (TPSA) is 63.7 Å². The van der Waals surface area contributed by atoms with E-state index in [1.54, 1.807) is 36.5 Å². The molecule has 1 N–H and O–H groups in total. The number of nitrogens with zero attached hydrogens (tertiary/aromatic N) is 2. The average Bonchev–Trinajstić information content (AvgIpc) is 2.67. The van der Waals surface area contributed by atoms with Gasteiger partial charge in [0.15, 0.2) is 0 Å². The van der Waals surface area contributed by atoms with Crippen LogP contribution in [0.4, 0.5) is 10.1 Å². The van der Waals surface area contributed by atoms with Gasteiger partial charge in [0, 0.05) is 43.8 Å². The minimum Gasteiger partial charge on any atom is -0.383 e. The Morgan fingerprint density at radius 2 is 2.15 bits per heavy atom. The number of morpholine rings is 1. The average molecular weight is 359 g/mol. The second-order valence-electron chi connectivity index (χ2n) is 6.05. The molecule has 26 heavy (non-hydrogen) atoms. The van der Waals surface area contributed by atoms with Crippen LogP contribution in [0.1, 0.15) is 17.2 Å². The summed E-state index contributed by atoms with van der Waals surface area (Å²) in [6.45, 7) is 1.98. The van der Waals surface area contributed by atoms with Gasteiger partial charge in [0.05, 0.1) is 19.3 Å². The lowest BCUT2D eigenvalue weighted by Gasteiger charge is -2.36.